The molecule has 2 rings (SSSR count). The van der Waals surface area contributed by atoms with Crippen molar-refractivity contribution in [2.45, 2.75) is 45.6 Å². The van der Waals surface area contributed by atoms with Crippen LogP contribution in [0.5, 0.6) is 0 Å². The fraction of sp³-hybridized carbons (Fsp3) is 0.727. The van der Waals surface area contributed by atoms with E-state index < -0.39 is 11.9 Å². The van der Waals surface area contributed by atoms with Gasteiger partial charge in [0.2, 0.25) is 0 Å². The molecule has 1 saturated carbocycles. The molecule has 5 nitrogen and oxygen atoms in total. The maximum absolute atomic E-state index is 11.0. The molecule has 1 aromatic heterocycles. The minimum atomic E-state index is -0.782. The topological polar surface area (TPSA) is 68.0 Å². The van der Waals surface area contributed by atoms with E-state index in [9.17, 15) is 4.79 Å². The van der Waals surface area contributed by atoms with Crippen molar-refractivity contribution in [2.75, 3.05) is 0 Å². The molecular formula is C11H17N3O2. The highest BCUT2D eigenvalue weighted by Gasteiger charge is 2.32. The Bertz CT molecular complexity index is 409. The summed E-state index contributed by atoms with van der Waals surface area (Å²) in [4.78, 5) is 11.0. The van der Waals surface area contributed by atoms with Gasteiger partial charge in [-0.3, -0.25) is 4.79 Å². The zero-order valence-corrected chi connectivity index (χ0v) is 9.84. The average Bonchev–Trinajstić information content (AvgIpc) is 3.00. The quantitative estimate of drug-likeness (QED) is 0.844. The molecule has 1 aromatic rings. The summed E-state index contributed by atoms with van der Waals surface area (Å²) in [6, 6.07) is 0.494. The molecule has 0 aromatic carbocycles. The van der Waals surface area contributed by atoms with Gasteiger partial charge in [-0.2, -0.15) is 0 Å². The van der Waals surface area contributed by atoms with Crippen LogP contribution in [0.1, 0.15) is 50.3 Å². The molecule has 2 atom stereocenters. The minimum Gasteiger partial charge on any atom is -0.481 e. The second-order valence-corrected chi connectivity index (χ2v) is 4.62. The molecule has 1 aliphatic rings. The molecule has 16 heavy (non-hydrogen) atoms. The monoisotopic (exact) mass is 223 g/mol. The average molecular weight is 223 g/mol. The summed E-state index contributed by atoms with van der Waals surface area (Å²) in [6.07, 6.45) is 2.31. The van der Waals surface area contributed by atoms with Crippen LogP contribution in [0.2, 0.25) is 0 Å². The smallest absolute Gasteiger partial charge is 0.306 e. The van der Waals surface area contributed by atoms with Crippen molar-refractivity contribution in [3.05, 3.63) is 11.6 Å². The lowest BCUT2D eigenvalue weighted by atomic mass is 9.95. The molecule has 2 unspecified atom stereocenters. The van der Waals surface area contributed by atoms with Crippen LogP contribution in [0.25, 0.3) is 0 Å². The summed E-state index contributed by atoms with van der Waals surface area (Å²) in [5.41, 5.74) is 0. The lowest BCUT2D eigenvalue weighted by Crippen LogP contribution is -2.20. The van der Waals surface area contributed by atoms with E-state index in [2.05, 4.69) is 14.8 Å². The summed E-state index contributed by atoms with van der Waals surface area (Å²) in [6.45, 7) is 5.54. The maximum Gasteiger partial charge on any atom is 0.306 e. The second kappa shape index (κ2) is 3.88. The number of nitrogens with zero attached hydrogens (tertiary/aromatic N) is 3. The Morgan fingerprint density at radius 1 is 1.44 bits per heavy atom. The van der Waals surface area contributed by atoms with Crippen LogP contribution in [-0.2, 0) is 4.79 Å². The molecule has 0 bridgehead atoms. The van der Waals surface area contributed by atoms with Crippen LogP contribution >= 0.6 is 0 Å². The summed E-state index contributed by atoms with van der Waals surface area (Å²) < 4.78 is 2.10. The van der Waals surface area contributed by atoms with E-state index in [0.29, 0.717) is 6.04 Å². The van der Waals surface area contributed by atoms with Crippen molar-refractivity contribution in [3.63, 3.8) is 0 Å². The Morgan fingerprint density at radius 3 is 2.56 bits per heavy atom. The minimum absolute atomic E-state index is 0.0979. The highest BCUT2D eigenvalue weighted by atomic mass is 16.4. The first-order valence-electron chi connectivity index (χ1n) is 5.66. The predicted octanol–water partition coefficient (Wildman–Crippen LogP) is 1.75. The summed E-state index contributed by atoms with van der Waals surface area (Å²) in [5, 5.41) is 17.2. The van der Waals surface area contributed by atoms with E-state index in [4.69, 9.17) is 5.11 Å². The van der Waals surface area contributed by atoms with Gasteiger partial charge in [-0.15, -0.1) is 10.2 Å². The number of hydrogen-bond acceptors (Lipinski definition) is 3. The number of carboxylic acid groups (broad SMARTS) is 1. The Morgan fingerprint density at radius 2 is 2.06 bits per heavy atom. The Kier molecular flexibility index (Phi) is 2.69. The molecule has 5 heteroatoms. The molecule has 0 aliphatic heterocycles. The van der Waals surface area contributed by atoms with Crippen molar-refractivity contribution >= 4 is 5.97 Å². The summed E-state index contributed by atoms with van der Waals surface area (Å²) >= 11 is 0. The molecule has 0 amide bonds. The van der Waals surface area contributed by atoms with Crippen LogP contribution < -0.4 is 0 Å². The van der Waals surface area contributed by atoms with Crippen LogP contribution in [-0.4, -0.2) is 25.8 Å². The van der Waals surface area contributed by atoms with Gasteiger partial charge in [-0.1, -0.05) is 13.8 Å². The highest BCUT2D eigenvalue weighted by molar-refractivity contribution is 5.70. The molecule has 88 valence electrons. The fourth-order valence-corrected chi connectivity index (χ4v) is 1.92. The molecule has 0 radical (unpaired) electrons. The van der Waals surface area contributed by atoms with E-state index in [1.165, 1.54) is 0 Å². The van der Waals surface area contributed by atoms with Crippen molar-refractivity contribution in [2.24, 2.45) is 5.92 Å². The second-order valence-electron chi connectivity index (χ2n) is 4.62. The van der Waals surface area contributed by atoms with Gasteiger partial charge < -0.3 is 9.67 Å². The van der Waals surface area contributed by atoms with Gasteiger partial charge in [-0.25, -0.2) is 0 Å². The zero-order chi connectivity index (χ0) is 11.9. The number of carbonyl (C=O) groups is 1. The normalized spacial score (nSPS) is 19.4. The number of aromatic nitrogens is 3. The van der Waals surface area contributed by atoms with Crippen molar-refractivity contribution < 1.29 is 9.90 Å². The first kappa shape index (κ1) is 11.1. The third kappa shape index (κ3) is 1.81. The third-order valence-electron chi connectivity index (χ3n) is 3.35. The van der Waals surface area contributed by atoms with Crippen molar-refractivity contribution in [3.8, 4) is 0 Å². The van der Waals surface area contributed by atoms with Gasteiger partial charge in [0.1, 0.15) is 11.6 Å². The molecule has 1 heterocycles. The SMILES string of the molecule is Cc1nnc(C(C)C(C)C(=O)O)n1C1CC1. The molecular weight excluding hydrogens is 206 g/mol. The van der Waals surface area contributed by atoms with Gasteiger partial charge in [0, 0.05) is 12.0 Å². The maximum atomic E-state index is 11.0. The van der Waals surface area contributed by atoms with Gasteiger partial charge in [0.15, 0.2) is 0 Å². The van der Waals surface area contributed by atoms with E-state index in [1.807, 2.05) is 13.8 Å². The first-order chi connectivity index (χ1) is 7.52. The Balaban J connectivity index is 2.29. The number of rotatable bonds is 4. The van der Waals surface area contributed by atoms with Gasteiger partial charge in [-0.05, 0) is 19.8 Å². The van der Waals surface area contributed by atoms with E-state index in [1.54, 1.807) is 6.92 Å². The van der Waals surface area contributed by atoms with Crippen LogP contribution in [0.15, 0.2) is 0 Å². The Labute approximate surface area is 94.5 Å². The number of aryl methyl sites for hydroxylation is 1. The number of aliphatic carboxylic acids is 1. The Hall–Kier alpha value is -1.39. The lowest BCUT2D eigenvalue weighted by Gasteiger charge is -2.16. The van der Waals surface area contributed by atoms with Crippen LogP contribution in [0, 0.1) is 12.8 Å². The summed E-state index contributed by atoms with van der Waals surface area (Å²) in [7, 11) is 0. The van der Waals surface area contributed by atoms with E-state index in [-0.39, 0.29) is 5.92 Å². The predicted molar refractivity (Wildman–Crippen MR) is 58.2 cm³/mol. The van der Waals surface area contributed by atoms with Crippen molar-refractivity contribution in [1.29, 1.82) is 0 Å². The lowest BCUT2D eigenvalue weighted by molar-refractivity contribution is -0.141. The molecule has 1 fully saturated rings. The largest absolute Gasteiger partial charge is 0.481 e. The van der Waals surface area contributed by atoms with Crippen LogP contribution in [0.4, 0.5) is 0 Å². The van der Waals surface area contributed by atoms with Gasteiger partial charge in [0.25, 0.3) is 0 Å². The number of hydrogen-bond donors (Lipinski definition) is 1. The molecule has 1 aliphatic carbocycles. The third-order valence-corrected chi connectivity index (χ3v) is 3.35. The molecule has 0 saturated heterocycles. The van der Waals surface area contributed by atoms with Gasteiger partial charge in [0.05, 0.1) is 5.92 Å². The number of carboxylic acids is 1. The van der Waals surface area contributed by atoms with Gasteiger partial charge >= 0.3 is 5.97 Å². The summed E-state index contributed by atoms with van der Waals surface area (Å²) in [5.74, 6) is 0.396. The van der Waals surface area contributed by atoms with E-state index >= 15 is 0 Å². The van der Waals surface area contributed by atoms with Crippen molar-refractivity contribution in [1.82, 2.24) is 14.8 Å². The van der Waals surface area contributed by atoms with Crippen LogP contribution in [0.3, 0.4) is 0 Å². The molecule has 1 N–H and O–H groups in total. The standard InChI is InChI=1S/C11H17N3O2/c1-6(7(2)11(15)16)10-13-12-8(3)14(10)9-4-5-9/h6-7,9H,4-5H2,1-3H3,(H,15,16). The fourth-order valence-electron chi connectivity index (χ4n) is 1.92. The van der Waals surface area contributed by atoms with E-state index in [0.717, 1.165) is 24.5 Å². The molecule has 0 spiro atoms. The first-order valence-corrected chi connectivity index (χ1v) is 5.66. The zero-order valence-electron chi connectivity index (χ0n) is 9.84. The highest BCUT2D eigenvalue weighted by Crippen LogP contribution is 2.38.